The van der Waals surface area contributed by atoms with Gasteiger partial charge in [-0.15, -0.1) is 0 Å². The zero-order valence-electron chi connectivity index (χ0n) is 13.8. The van der Waals surface area contributed by atoms with Crippen LogP contribution in [0.3, 0.4) is 0 Å². The molecule has 0 aliphatic heterocycles. The molecule has 0 radical (unpaired) electrons. The molecule has 1 amide bonds. The minimum Gasteiger partial charge on any atom is -0.495 e. The second-order valence-corrected chi connectivity index (χ2v) is 5.79. The number of allylic oxidation sites excluding steroid dienone is 2. The fourth-order valence-electron chi connectivity index (χ4n) is 2.53. The van der Waals surface area contributed by atoms with Crippen LogP contribution in [0.4, 0.5) is 5.69 Å². The monoisotopic (exact) mass is 317 g/mol. The Morgan fingerprint density at radius 3 is 2.83 bits per heavy atom. The number of carbonyl (C=O) groups is 2. The highest BCUT2D eigenvalue weighted by Crippen LogP contribution is 2.25. The molecule has 2 atom stereocenters. The molecule has 0 saturated carbocycles. The summed E-state index contributed by atoms with van der Waals surface area (Å²) in [6.07, 6.45) is 5.54. The van der Waals surface area contributed by atoms with Crippen molar-refractivity contribution in [3.63, 3.8) is 0 Å². The van der Waals surface area contributed by atoms with Crippen LogP contribution < -0.4 is 10.1 Å². The Balaban J connectivity index is 1.90. The number of methoxy groups -OCH3 is 1. The Kier molecular flexibility index (Phi) is 5.79. The zero-order chi connectivity index (χ0) is 16.8. The van der Waals surface area contributed by atoms with Crippen LogP contribution in [0.1, 0.15) is 31.7 Å². The lowest BCUT2D eigenvalue weighted by molar-refractivity contribution is -0.153. The van der Waals surface area contributed by atoms with Gasteiger partial charge in [-0.2, -0.15) is 0 Å². The standard InChI is InChI=1S/C18H23NO4/c1-12-8-9-16(22-3)15(10-12)19-18(21)13(2)23-17(20)11-14-6-4-5-7-14/h4,6,8-10,13-14H,5,7,11H2,1-3H3,(H,19,21)/t13-,14+/m0/s1. The third kappa shape index (κ3) is 4.84. The summed E-state index contributed by atoms with van der Waals surface area (Å²) in [5.74, 6) is 0.0813. The number of carbonyl (C=O) groups excluding carboxylic acids is 2. The van der Waals surface area contributed by atoms with Crippen LogP contribution in [0, 0.1) is 12.8 Å². The van der Waals surface area contributed by atoms with E-state index in [1.807, 2.05) is 25.1 Å². The minimum absolute atomic E-state index is 0.231. The van der Waals surface area contributed by atoms with E-state index in [0.29, 0.717) is 17.9 Å². The number of aryl methyl sites for hydroxylation is 1. The van der Waals surface area contributed by atoms with Crippen molar-refractivity contribution in [1.82, 2.24) is 0 Å². The number of anilines is 1. The second-order valence-electron chi connectivity index (χ2n) is 5.79. The van der Waals surface area contributed by atoms with Gasteiger partial charge in [0, 0.05) is 0 Å². The van der Waals surface area contributed by atoms with Gasteiger partial charge in [0.1, 0.15) is 5.75 Å². The Labute approximate surface area is 136 Å². The fraction of sp³-hybridized carbons (Fsp3) is 0.444. The van der Waals surface area contributed by atoms with E-state index in [9.17, 15) is 9.59 Å². The summed E-state index contributed by atoms with van der Waals surface area (Å²) in [6, 6.07) is 5.50. The summed E-state index contributed by atoms with van der Waals surface area (Å²) in [7, 11) is 1.54. The summed E-state index contributed by atoms with van der Waals surface area (Å²) in [5, 5.41) is 2.75. The van der Waals surface area contributed by atoms with Gasteiger partial charge in [-0.05, 0) is 50.3 Å². The van der Waals surface area contributed by atoms with Crippen molar-refractivity contribution in [3.05, 3.63) is 35.9 Å². The van der Waals surface area contributed by atoms with Crippen molar-refractivity contribution in [2.75, 3.05) is 12.4 Å². The van der Waals surface area contributed by atoms with Gasteiger partial charge in [-0.25, -0.2) is 0 Å². The van der Waals surface area contributed by atoms with Crippen LogP contribution in [0.15, 0.2) is 30.4 Å². The van der Waals surface area contributed by atoms with Crippen LogP contribution in [0.5, 0.6) is 5.75 Å². The van der Waals surface area contributed by atoms with Crippen molar-refractivity contribution in [2.24, 2.45) is 5.92 Å². The smallest absolute Gasteiger partial charge is 0.307 e. The van der Waals surface area contributed by atoms with E-state index in [1.165, 1.54) is 0 Å². The predicted molar refractivity (Wildman–Crippen MR) is 88.4 cm³/mol. The van der Waals surface area contributed by atoms with E-state index in [4.69, 9.17) is 9.47 Å². The normalized spacial score (nSPS) is 17.6. The lowest BCUT2D eigenvalue weighted by Crippen LogP contribution is -2.30. The minimum atomic E-state index is -0.849. The SMILES string of the molecule is COc1ccc(C)cc1NC(=O)[C@H](C)OC(=O)C[C@@H]1C=CCC1. The van der Waals surface area contributed by atoms with Crippen molar-refractivity contribution < 1.29 is 19.1 Å². The molecule has 5 nitrogen and oxygen atoms in total. The van der Waals surface area contributed by atoms with E-state index in [2.05, 4.69) is 11.4 Å². The van der Waals surface area contributed by atoms with Gasteiger partial charge in [-0.1, -0.05) is 18.2 Å². The van der Waals surface area contributed by atoms with Crippen molar-refractivity contribution >= 4 is 17.6 Å². The highest BCUT2D eigenvalue weighted by molar-refractivity contribution is 5.96. The fourth-order valence-corrected chi connectivity index (χ4v) is 2.53. The number of hydrogen-bond acceptors (Lipinski definition) is 4. The molecule has 0 aromatic heterocycles. The average Bonchev–Trinajstić information content (AvgIpc) is 3.00. The van der Waals surface area contributed by atoms with Crippen LogP contribution in [-0.4, -0.2) is 25.1 Å². The number of benzene rings is 1. The number of esters is 1. The predicted octanol–water partition coefficient (Wildman–Crippen LogP) is 3.23. The van der Waals surface area contributed by atoms with Crippen LogP contribution >= 0.6 is 0 Å². The maximum absolute atomic E-state index is 12.2. The summed E-state index contributed by atoms with van der Waals surface area (Å²) in [4.78, 5) is 24.1. The first kappa shape index (κ1) is 17.1. The van der Waals surface area contributed by atoms with Crippen LogP contribution in [0.25, 0.3) is 0 Å². The summed E-state index contributed by atoms with van der Waals surface area (Å²) >= 11 is 0. The molecule has 1 aliphatic carbocycles. The number of ether oxygens (including phenoxy) is 2. The van der Waals surface area contributed by atoms with Gasteiger partial charge in [-0.3, -0.25) is 9.59 Å². The molecule has 2 rings (SSSR count). The lowest BCUT2D eigenvalue weighted by Gasteiger charge is -2.16. The molecule has 1 aromatic carbocycles. The molecule has 5 heteroatoms. The first-order valence-electron chi connectivity index (χ1n) is 7.81. The van der Waals surface area contributed by atoms with E-state index >= 15 is 0 Å². The Morgan fingerprint density at radius 1 is 1.39 bits per heavy atom. The second kappa shape index (κ2) is 7.81. The van der Waals surface area contributed by atoms with Crippen molar-refractivity contribution in [2.45, 2.75) is 39.2 Å². The molecule has 23 heavy (non-hydrogen) atoms. The van der Waals surface area contributed by atoms with Gasteiger partial charge in [0.05, 0.1) is 19.2 Å². The largest absolute Gasteiger partial charge is 0.495 e. The molecule has 1 aliphatic rings. The number of hydrogen-bond donors (Lipinski definition) is 1. The topological polar surface area (TPSA) is 64.6 Å². The Morgan fingerprint density at radius 2 is 2.17 bits per heavy atom. The number of rotatable bonds is 6. The van der Waals surface area contributed by atoms with Gasteiger partial charge in [0.15, 0.2) is 6.10 Å². The molecule has 0 saturated heterocycles. The molecule has 0 bridgehead atoms. The summed E-state index contributed by atoms with van der Waals surface area (Å²) in [5.41, 5.74) is 1.57. The molecule has 124 valence electrons. The lowest BCUT2D eigenvalue weighted by atomic mass is 10.1. The highest BCUT2D eigenvalue weighted by atomic mass is 16.5. The highest BCUT2D eigenvalue weighted by Gasteiger charge is 2.21. The third-order valence-corrected chi connectivity index (χ3v) is 3.83. The molecule has 1 N–H and O–H groups in total. The zero-order valence-corrected chi connectivity index (χ0v) is 13.8. The van der Waals surface area contributed by atoms with Gasteiger partial charge >= 0.3 is 5.97 Å². The third-order valence-electron chi connectivity index (χ3n) is 3.83. The van der Waals surface area contributed by atoms with E-state index in [0.717, 1.165) is 18.4 Å². The summed E-state index contributed by atoms with van der Waals surface area (Å²) in [6.45, 7) is 3.49. The number of amides is 1. The molecular weight excluding hydrogens is 294 g/mol. The average molecular weight is 317 g/mol. The van der Waals surface area contributed by atoms with Crippen molar-refractivity contribution in [3.8, 4) is 5.75 Å². The number of nitrogens with one attached hydrogen (secondary N) is 1. The van der Waals surface area contributed by atoms with E-state index < -0.39 is 6.10 Å². The molecule has 0 fully saturated rings. The quantitative estimate of drug-likeness (QED) is 0.646. The van der Waals surface area contributed by atoms with Crippen LogP contribution in [-0.2, 0) is 14.3 Å². The summed E-state index contributed by atoms with van der Waals surface area (Å²) < 4.78 is 10.4. The van der Waals surface area contributed by atoms with Gasteiger partial charge in [0.2, 0.25) is 0 Å². The molecular formula is C18H23NO4. The Hall–Kier alpha value is -2.30. The van der Waals surface area contributed by atoms with E-state index in [-0.39, 0.29) is 17.8 Å². The van der Waals surface area contributed by atoms with Gasteiger partial charge < -0.3 is 14.8 Å². The van der Waals surface area contributed by atoms with E-state index in [1.54, 1.807) is 20.1 Å². The first-order chi connectivity index (χ1) is 11.0. The molecule has 0 spiro atoms. The molecule has 0 unspecified atom stereocenters. The van der Waals surface area contributed by atoms with Gasteiger partial charge in [0.25, 0.3) is 5.91 Å². The maximum atomic E-state index is 12.2. The van der Waals surface area contributed by atoms with Crippen LogP contribution in [0.2, 0.25) is 0 Å². The molecule has 0 heterocycles. The maximum Gasteiger partial charge on any atom is 0.307 e. The Bertz CT molecular complexity index is 609. The first-order valence-corrected chi connectivity index (χ1v) is 7.81. The van der Waals surface area contributed by atoms with Crippen molar-refractivity contribution in [1.29, 1.82) is 0 Å². The molecule has 1 aromatic rings.